The Morgan fingerprint density at radius 2 is 2.04 bits per heavy atom. The standard InChI is InChI=1S/C19H17BrO6/c20-16-10-13(6-7-17(16)25-11-15-5-2-8-24-15)19(23)26-14-4-1-3-12(9-14)18(21)22/h1,3-4,6-7,9-10,15H,2,5,8,11H2,(H,21,22). The molecule has 0 saturated carbocycles. The van der Waals surface area contributed by atoms with Crippen LogP contribution in [0.25, 0.3) is 0 Å². The summed E-state index contributed by atoms with van der Waals surface area (Å²) in [5.41, 5.74) is 0.372. The first kappa shape index (κ1) is 18.4. The van der Waals surface area contributed by atoms with Crippen LogP contribution in [0.1, 0.15) is 33.6 Å². The Morgan fingerprint density at radius 1 is 1.19 bits per heavy atom. The molecule has 1 aliphatic rings. The molecule has 0 aromatic heterocycles. The molecule has 0 bridgehead atoms. The van der Waals surface area contributed by atoms with Gasteiger partial charge in [0.05, 0.1) is 21.7 Å². The number of carboxylic acids is 1. The van der Waals surface area contributed by atoms with Crippen LogP contribution in [-0.4, -0.2) is 36.4 Å². The molecule has 1 unspecified atom stereocenters. The quantitative estimate of drug-likeness (QED) is 0.563. The van der Waals surface area contributed by atoms with Gasteiger partial charge in [-0.05, 0) is 65.2 Å². The number of rotatable bonds is 6. The molecule has 26 heavy (non-hydrogen) atoms. The van der Waals surface area contributed by atoms with E-state index >= 15 is 0 Å². The van der Waals surface area contributed by atoms with E-state index in [2.05, 4.69) is 15.9 Å². The van der Waals surface area contributed by atoms with Gasteiger partial charge in [0.1, 0.15) is 18.1 Å². The molecule has 1 atom stereocenters. The average Bonchev–Trinajstić information content (AvgIpc) is 3.14. The van der Waals surface area contributed by atoms with E-state index in [9.17, 15) is 9.59 Å². The lowest BCUT2D eigenvalue weighted by Crippen LogP contribution is -2.16. The van der Waals surface area contributed by atoms with Gasteiger partial charge in [-0.1, -0.05) is 6.07 Å². The highest BCUT2D eigenvalue weighted by atomic mass is 79.9. The van der Waals surface area contributed by atoms with Crippen molar-refractivity contribution in [3.63, 3.8) is 0 Å². The molecular formula is C19H17BrO6. The van der Waals surface area contributed by atoms with E-state index in [1.807, 2.05) is 0 Å². The van der Waals surface area contributed by atoms with Crippen molar-refractivity contribution < 1.29 is 28.9 Å². The predicted molar refractivity (Wildman–Crippen MR) is 97.0 cm³/mol. The van der Waals surface area contributed by atoms with Gasteiger partial charge >= 0.3 is 11.9 Å². The van der Waals surface area contributed by atoms with Crippen LogP contribution in [0.3, 0.4) is 0 Å². The summed E-state index contributed by atoms with van der Waals surface area (Å²) in [5, 5.41) is 8.99. The maximum atomic E-state index is 12.3. The number of carbonyl (C=O) groups excluding carboxylic acids is 1. The molecule has 7 heteroatoms. The smallest absolute Gasteiger partial charge is 0.343 e. The normalized spacial score (nSPS) is 16.3. The van der Waals surface area contributed by atoms with Gasteiger partial charge in [-0.25, -0.2) is 9.59 Å². The molecule has 6 nitrogen and oxygen atoms in total. The van der Waals surface area contributed by atoms with Crippen LogP contribution in [0.5, 0.6) is 11.5 Å². The Balaban J connectivity index is 1.65. The third-order valence-corrected chi connectivity index (χ3v) is 4.53. The lowest BCUT2D eigenvalue weighted by Gasteiger charge is -2.13. The van der Waals surface area contributed by atoms with Crippen LogP contribution in [0.15, 0.2) is 46.9 Å². The molecule has 2 aromatic rings. The SMILES string of the molecule is O=C(O)c1cccc(OC(=O)c2ccc(OCC3CCCO3)c(Br)c2)c1. The topological polar surface area (TPSA) is 82.1 Å². The molecule has 1 N–H and O–H groups in total. The van der Waals surface area contributed by atoms with Crippen molar-refractivity contribution in [1.29, 1.82) is 0 Å². The highest BCUT2D eigenvalue weighted by Gasteiger charge is 2.17. The van der Waals surface area contributed by atoms with Crippen LogP contribution >= 0.6 is 15.9 Å². The molecule has 0 amide bonds. The molecule has 3 rings (SSSR count). The first-order chi connectivity index (χ1) is 12.5. The average molecular weight is 421 g/mol. The third-order valence-electron chi connectivity index (χ3n) is 3.91. The largest absolute Gasteiger partial charge is 0.490 e. The van der Waals surface area contributed by atoms with E-state index in [1.165, 1.54) is 24.3 Å². The molecule has 136 valence electrons. The summed E-state index contributed by atoms with van der Waals surface area (Å²) in [7, 11) is 0. The molecule has 0 aliphatic carbocycles. The van der Waals surface area contributed by atoms with Gasteiger partial charge in [0.25, 0.3) is 0 Å². The van der Waals surface area contributed by atoms with E-state index in [-0.39, 0.29) is 17.4 Å². The Bertz CT molecular complexity index is 813. The van der Waals surface area contributed by atoms with Gasteiger partial charge in [-0.2, -0.15) is 0 Å². The zero-order chi connectivity index (χ0) is 18.5. The minimum Gasteiger partial charge on any atom is -0.490 e. The summed E-state index contributed by atoms with van der Waals surface area (Å²) in [6.45, 7) is 1.23. The van der Waals surface area contributed by atoms with Crippen molar-refractivity contribution in [2.24, 2.45) is 0 Å². The molecular weight excluding hydrogens is 404 g/mol. The molecule has 2 aromatic carbocycles. The number of ether oxygens (including phenoxy) is 3. The number of aromatic carboxylic acids is 1. The Hall–Kier alpha value is -2.38. The first-order valence-corrected chi connectivity index (χ1v) is 8.92. The van der Waals surface area contributed by atoms with Crippen molar-refractivity contribution in [2.75, 3.05) is 13.2 Å². The van der Waals surface area contributed by atoms with E-state index < -0.39 is 11.9 Å². The van der Waals surface area contributed by atoms with Gasteiger partial charge < -0.3 is 19.3 Å². The molecule has 1 heterocycles. The molecule has 0 spiro atoms. The van der Waals surface area contributed by atoms with Crippen molar-refractivity contribution in [3.05, 3.63) is 58.1 Å². The summed E-state index contributed by atoms with van der Waals surface area (Å²) >= 11 is 3.39. The van der Waals surface area contributed by atoms with E-state index in [4.69, 9.17) is 19.3 Å². The maximum Gasteiger partial charge on any atom is 0.343 e. The van der Waals surface area contributed by atoms with Crippen LogP contribution in [0.4, 0.5) is 0 Å². The Kier molecular flexibility index (Phi) is 5.90. The zero-order valence-corrected chi connectivity index (χ0v) is 15.4. The number of hydrogen-bond donors (Lipinski definition) is 1. The van der Waals surface area contributed by atoms with E-state index in [0.717, 1.165) is 19.4 Å². The summed E-state index contributed by atoms with van der Waals surface area (Å²) in [6, 6.07) is 10.7. The monoisotopic (exact) mass is 420 g/mol. The van der Waals surface area contributed by atoms with Crippen LogP contribution in [0, 0.1) is 0 Å². The van der Waals surface area contributed by atoms with Crippen LogP contribution in [-0.2, 0) is 4.74 Å². The summed E-state index contributed by atoms with van der Waals surface area (Å²) in [6.07, 6.45) is 2.13. The summed E-state index contributed by atoms with van der Waals surface area (Å²) < 4.78 is 17.1. The van der Waals surface area contributed by atoms with Crippen molar-refractivity contribution in [1.82, 2.24) is 0 Å². The number of halogens is 1. The van der Waals surface area contributed by atoms with Gasteiger partial charge in [0, 0.05) is 6.61 Å². The number of carbonyl (C=O) groups is 2. The lowest BCUT2D eigenvalue weighted by molar-refractivity contribution is 0.0675. The van der Waals surface area contributed by atoms with Gasteiger partial charge in [0.2, 0.25) is 0 Å². The fourth-order valence-corrected chi connectivity index (χ4v) is 3.06. The maximum absolute atomic E-state index is 12.3. The second kappa shape index (κ2) is 8.33. The zero-order valence-electron chi connectivity index (χ0n) is 13.8. The minimum atomic E-state index is -1.08. The first-order valence-electron chi connectivity index (χ1n) is 8.12. The minimum absolute atomic E-state index is 0.0503. The van der Waals surface area contributed by atoms with Crippen molar-refractivity contribution in [3.8, 4) is 11.5 Å². The number of benzene rings is 2. The highest BCUT2D eigenvalue weighted by molar-refractivity contribution is 9.10. The molecule has 1 fully saturated rings. The second-order valence-corrected chi connectivity index (χ2v) is 6.67. The number of esters is 1. The molecule has 1 saturated heterocycles. The molecule has 1 aliphatic heterocycles. The van der Waals surface area contributed by atoms with E-state index in [1.54, 1.807) is 18.2 Å². The van der Waals surface area contributed by atoms with Gasteiger partial charge in [0.15, 0.2) is 0 Å². The second-order valence-electron chi connectivity index (χ2n) is 5.81. The van der Waals surface area contributed by atoms with Crippen molar-refractivity contribution >= 4 is 27.9 Å². The Morgan fingerprint density at radius 3 is 2.73 bits per heavy atom. The fourth-order valence-electron chi connectivity index (χ4n) is 2.56. The number of carboxylic acid groups (broad SMARTS) is 1. The van der Waals surface area contributed by atoms with Gasteiger partial charge in [-0.3, -0.25) is 0 Å². The number of hydrogen-bond acceptors (Lipinski definition) is 5. The lowest BCUT2D eigenvalue weighted by atomic mass is 10.2. The third kappa shape index (κ3) is 4.62. The summed E-state index contributed by atoms with van der Waals surface area (Å²) in [5.74, 6) is -0.882. The summed E-state index contributed by atoms with van der Waals surface area (Å²) in [4.78, 5) is 23.3. The highest BCUT2D eigenvalue weighted by Crippen LogP contribution is 2.27. The van der Waals surface area contributed by atoms with Crippen molar-refractivity contribution in [2.45, 2.75) is 18.9 Å². The fraction of sp³-hybridized carbons (Fsp3) is 0.263. The van der Waals surface area contributed by atoms with Crippen LogP contribution < -0.4 is 9.47 Å². The molecule has 0 radical (unpaired) electrons. The van der Waals surface area contributed by atoms with E-state index in [0.29, 0.717) is 22.4 Å². The van der Waals surface area contributed by atoms with Crippen LogP contribution in [0.2, 0.25) is 0 Å². The van der Waals surface area contributed by atoms with Gasteiger partial charge in [-0.15, -0.1) is 0 Å². The predicted octanol–water partition coefficient (Wildman–Crippen LogP) is 3.92. The Labute approximate surface area is 158 Å².